The molecule has 0 atom stereocenters. The van der Waals surface area contributed by atoms with Gasteiger partial charge in [-0.05, 0) is 339 Å². The van der Waals surface area contributed by atoms with E-state index in [1.165, 1.54) is 42.6 Å². The first-order valence-corrected chi connectivity index (χ1v) is 55.3. The number of hydrogen-bond acceptors (Lipinski definition) is 34. The normalized spacial score (nSPS) is 15.4. The third-order valence-electron chi connectivity index (χ3n) is 25.6. The summed E-state index contributed by atoms with van der Waals surface area (Å²) >= 11 is 6.14. The molecular weight excluding hydrogens is 2030 g/mol. The van der Waals surface area contributed by atoms with Crippen molar-refractivity contribution in [1.29, 1.82) is 0 Å². The van der Waals surface area contributed by atoms with Crippen molar-refractivity contribution in [2.45, 2.75) is 205 Å². The lowest BCUT2D eigenvalue weighted by atomic mass is 9.88. The molecule has 0 aliphatic carbocycles. The van der Waals surface area contributed by atoms with Crippen LogP contribution in [0.3, 0.4) is 0 Å². The van der Waals surface area contributed by atoms with Gasteiger partial charge < -0.3 is 62.1 Å². The van der Waals surface area contributed by atoms with Gasteiger partial charge in [-0.2, -0.15) is 19.9 Å². The average Bonchev–Trinajstić information content (AvgIpc) is 0.804. The molecule has 0 saturated carbocycles. The molecule has 4 fully saturated rings. The summed E-state index contributed by atoms with van der Waals surface area (Å²) in [5, 5.41) is 24.2. The number of likely N-dealkylation sites (tertiary alicyclic amines) is 4. The van der Waals surface area contributed by atoms with Crippen LogP contribution in [0, 0.1) is 56.8 Å². The molecule has 0 amide bonds. The van der Waals surface area contributed by atoms with E-state index in [-0.39, 0.29) is 98.5 Å². The number of anilines is 20. The van der Waals surface area contributed by atoms with Crippen molar-refractivity contribution in [2.75, 3.05) is 142 Å². The molecular formula is C102H132ClF5N30O8S4. The zero-order valence-corrected chi connectivity index (χ0v) is 91.7. The second kappa shape index (κ2) is 48.0. The zero-order chi connectivity index (χ0) is 109. The Kier molecular flexibility index (Phi) is 36.5. The Morgan fingerprint density at radius 2 is 0.580 bits per heavy atom. The maximum Gasteiger partial charge on any atom is 0.238 e. The van der Waals surface area contributed by atoms with Gasteiger partial charge in [0.25, 0.3) is 0 Å². The van der Waals surface area contributed by atoms with Gasteiger partial charge in [0.1, 0.15) is 98.9 Å². The number of nitrogens with zero attached hydrogens (tertiary/aromatic N) is 18. The summed E-state index contributed by atoms with van der Waals surface area (Å²) in [6.07, 6.45) is 18.0. The van der Waals surface area contributed by atoms with Crippen LogP contribution < -0.4 is 61.4 Å². The van der Waals surface area contributed by atoms with Crippen LogP contribution in [0.2, 0.25) is 5.15 Å². The van der Waals surface area contributed by atoms with Crippen molar-refractivity contribution >= 4 is 168 Å². The van der Waals surface area contributed by atoms with Gasteiger partial charge in [0.2, 0.25) is 63.9 Å². The minimum atomic E-state index is -3.71. The summed E-state index contributed by atoms with van der Waals surface area (Å²) < 4.78 is 181. The number of hydrogen-bond donors (Lipinski definition) is 12. The molecule has 38 nitrogen and oxygen atoms in total. The lowest BCUT2D eigenvalue weighted by molar-refractivity contribution is 0.250. The van der Waals surface area contributed by atoms with Crippen molar-refractivity contribution in [2.24, 2.45) is 0 Å². The molecule has 2 aromatic carbocycles. The highest BCUT2D eigenvalue weighted by Crippen LogP contribution is 2.40. The third-order valence-corrected chi connectivity index (χ3v) is 34.3. The fourth-order valence-electron chi connectivity index (χ4n) is 15.8. The molecule has 16 rings (SSSR count). The third kappa shape index (κ3) is 30.6. The predicted octanol–water partition coefficient (Wildman–Crippen LogP) is 20.2. The number of benzene rings is 2. The van der Waals surface area contributed by atoms with E-state index in [4.69, 9.17) is 11.6 Å². The van der Waals surface area contributed by atoms with Gasteiger partial charge in [0.15, 0.2) is 5.15 Å². The monoisotopic (exact) mass is 2160 g/mol. The highest BCUT2D eigenvalue weighted by Gasteiger charge is 2.36. The number of nitrogens with one attached hydrogen (secondary N) is 12. The Balaban J connectivity index is 0.000000167. The molecule has 0 bridgehead atoms. The maximum absolute atomic E-state index is 15.0. The summed E-state index contributed by atoms with van der Waals surface area (Å²) in [7, 11) is -6.36. The Labute approximate surface area is 879 Å². The molecule has 4 aliphatic rings. The fourth-order valence-corrected chi connectivity index (χ4v) is 18.8. The topological polar surface area (TPSA) is 474 Å². The highest BCUT2D eigenvalue weighted by atomic mass is 35.5. The molecule has 12 N–H and O–H groups in total. The van der Waals surface area contributed by atoms with Gasteiger partial charge in [-0.3, -0.25) is 18.9 Å². The first kappa shape index (κ1) is 114. The molecule has 4 aliphatic heterocycles. The largest absolute Gasteiger partial charge is 0.339 e. The van der Waals surface area contributed by atoms with E-state index in [9.17, 15) is 55.6 Å². The predicted molar refractivity (Wildman–Crippen MR) is 584 cm³/mol. The number of sulfonamides is 4. The van der Waals surface area contributed by atoms with Crippen molar-refractivity contribution in [3.8, 4) is 0 Å². The van der Waals surface area contributed by atoms with Gasteiger partial charge in [0.05, 0.1) is 36.6 Å². The minimum Gasteiger partial charge on any atom is -0.339 e. The Morgan fingerprint density at radius 1 is 0.287 bits per heavy atom. The number of pyridine rings is 6. The van der Waals surface area contributed by atoms with Crippen molar-refractivity contribution in [3.05, 3.63) is 225 Å². The van der Waals surface area contributed by atoms with Crippen LogP contribution in [0.5, 0.6) is 0 Å². The van der Waals surface area contributed by atoms with E-state index in [1.807, 2.05) is 40.0 Å². The van der Waals surface area contributed by atoms with Gasteiger partial charge in [0, 0.05) is 99.6 Å². The molecule has 10 aromatic heterocycles. The van der Waals surface area contributed by atoms with E-state index in [2.05, 4.69) is 172 Å². The van der Waals surface area contributed by atoms with Gasteiger partial charge >= 0.3 is 0 Å². The smallest absolute Gasteiger partial charge is 0.238 e. The van der Waals surface area contributed by atoms with Crippen LogP contribution >= 0.6 is 11.6 Å². The summed E-state index contributed by atoms with van der Waals surface area (Å²) in [4.78, 5) is 69.8. The molecule has 0 unspecified atom stereocenters. The fraction of sp³-hybridized carbons (Fsp3) is 0.431. The Bertz CT molecular complexity index is 7060. The summed E-state index contributed by atoms with van der Waals surface area (Å²) in [6.45, 7) is 33.8. The number of aromatic nitrogens is 14. The molecule has 804 valence electrons. The van der Waals surface area contributed by atoms with Crippen LogP contribution in [0.25, 0.3) is 0 Å². The standard InChI is InChI=1S/C26H33F2N7O2S.C26H34FN7O2S.C25H32ClFN8O2S.C25H33FN8O2S/c1-16-15-29-25(30-18-13-19(27)23(20(28)14-18)17-9-11-35(5)12-10-17)33-24(16)32-21-7-6-8-22(31-21)34-38(36,37)26(2,3)4;1-17-16-28-25(29-19-9-10-20(21(27)15-19)18-11-13-34(5)14-12-18)32-24(17)31-22-7-6-8-23(30-22)33-37(35,36)26(2,3)4;1-15-12-30-24(32-21-11-19(27)18(14-28-21)16-6-8-35(5)9-7-16)33-23(15)31-17-10-20(22(26)29-13-17)34-38(36,37)25(2,3)4;1-16-14-28-24(31-22-13-19(26)18(15-27-22)17-9-11-34(5)12-10-17)32-23(16)30-20-7-6-8-21(29-20)33-37(35,36)25(2,3)4/h6-8,13-15,17H,9-12H2,1-5H3,(H3,29,30,31,32,33,34);6-10,15-16,18H,11-14H2,1-5H3,(H3,28,29,30,31,32,33);10-14,16,34H,6-9H2,1-5H3,(H2,28,30,31,32,33);6-8,13-15,17H,9-12H2,1-5H3,(H3,27,28,29,30,31,32,33). The maximum atomic E-state index is 15.0. The summed E-state index contributed by atoms with van der Waals surface area (Å²) in [5.74, 6) is 3.37. The SMILES string of the molecule is Cc1cnc(Nc2cc(F)c(C3CCN(C)CC3)c(F)c2)nc1Nc1cccc(NS(=O)(=O)C(C)(C)C)n1.Cc1cnc(Nc2cc(F)c(C3CCN(C)CC3)cn2)nc1Nc1cccc(NS(=O)(=O)C(C)(C)C)n1.Cc1cnc(Nc2cc(F)c(C3CCN(C)CC3)cn2)nc1Nc1cnc(Cl)c(NS(=O)(=O)C(C)(C)C)c1.Cc1cnc(Nc2ccc(C3CCN(C)CC3)c(F)c2)nc1Nc1cccc(NS(=O)(=O)C(C)(C)C)n1. The minimum absolute atomic E-state index is 0.0157. The summed E-state index contributed by atoms with van der Waals surface area (Å²) in [6, 6.07) is 26.8. The molecule has 0 spiro atoms. The van der Waals surface area contributed by atoms with Gasteiger partial charge in [-0.25, -0.2) is 105 Å². The lowest BCUT2D eigenvalue weighted by Crippen LogP contribution is -2.34. The van der Waals surface area contributed by atoms with E-state index < -0.39 is 70.7 Å². The molecule has 48 heteroatoms. The average molecular weight is 2170 g/mol. The zero-order valence-electron chi connectivity index (χ0n) is 87.7. The summed E-state index contributed by atoms with van der Waals surface area (Å²) in [5.41, 5.74) is 6.41. The van der Waals surface area contributed by atoms with Crippen LogP contribution in [0.4, 0.5) is 138 Å². The Morgan fingerprint density at radius 3 is 0.913 bits per heavy atom. The van der Waals surface area contributed by atoms with Crippen molar-refractivity contribution in [3.63, 3.8) is 0 Å². The number of piperidine rings is 4. The van der Waals surface area contributed by atoms with Crippen LogP contribution in [-0.4, -0.2) is 223 Å². The molecule has 150 heavy (non-hydrogen) atoms. The van der Waals surface area contributed by atoms with Gasteiger partial charge in [-0.15, -0.1) is 0 Å². The van der Waals surface area contributed by atoms with E-state index >= 15 is 0 Å². The van der Waals surface area contributed by atoms with Crippen LogP contribution in [0.15, 0.2) is 147 Å². The van der Waals surface area contributed by atoms with Crippen LogP contribution in [-0.2, 0) is 40.1 Å². The second-order valence-corrected chi connectivity index (χ2v) is 51.7. The lowest BCUT2D eigenvalue weighted by Gasteiger charge is -2.29. The molecule has 14 heterocycles. The van der Waals surface area contributed by atoms with Gasteiger partial charge in [-0.1, -0.05) is 35.9 Å². The van der Waals surface area contributed by atoms with E-state index in [1.54, 1.807) is 182 Å². The van der Waals surface area contributed by atoms with E-state index in [0.29, 0.717) is 99.2 Å². The Hall–Kier alpha value is -13.2. The molecule has 4 saturated heterocycles. The number of rotatable bonds is 28. The number of aryl methyl sites for hydroxylation is 4. The number of halogens is 6. The van der Waals surface area contributed by atoms with Crippen LogP contribution in [0.1, 0.15) is 203 Å². The molecule has 12 aromatic rings. The quantitative estimate of drug-likeness (QED) is 0.0160. The van der Waals surface area contributed by atoms with Crippen molar-refractivity contribution in [1.82, 2.24) is 89.4 Å². The molecule has 0 radical (unpaired) electrons. The second-order valence-electron chi connectivity index (χ2n) is 41.6. The highest BCUT2D eigenvalue weighted by molar-refractivity contribution is 7.94. The first-order chi connectivity index (χ1) is 70.5. The first-order valence-electron chi connectivity index (χ1n) is 49.0. The van der Waals surface area contributed by atoms with Crippen molar-refractivity contribution < 1.29 is 55.6 Å². The van der Waals surface area contributed by atoms with E-state index in [0.717, 1.165) is 113 Å².